The Bertz CT molecular complexity index is 481. The van der Waals surface area contributed by atoms with Gasteiger partial charge in [-0.05, 0) is 30.3 Å². The molecule has 1 saturated heterocycles. The molecule has 1 unspecified atom stereocenters. The van der Waals surface area contributed by atoms with E-state index in [-0.39, 0.29) is 17.2 Å². The number of nitrogens with one attached hydrogen (secondary N) is 2. The molecule has 0 radical (unpaired) electrons. The van der Waals surface area contributed by atoms with Crippen LogP contribution in [0.1, 0.15) is 25.8 Å². The van der Waals surface area contributed by atoms with Gasteiger partial charge >= 0.3 is 0 Å². The number of hydrogen-bond acceptors (Lipinski definition) is 4. The average Bonchev–Trinajstić information content (AvgIpc) is 2.97. The molecule has 1 fully saturated rings. The first kappa shape index (κ1) is 13.1. The van der Waals surface area contributed by atoms with Crippen LogP contribution in [0, 0.1) is 22.7 Å². The Balaban J connectivity index is 2.19. The summed E-state index contributed by atoms with van der Waals surface area (Å²) in [6.45, 7) is 5.74. The van der Waals surface area contributed by atoms with Crippen LogP contribution in [0.25, 0.3) is 0 Å². The Kier molecular flexibility index (Phi) is 3.69. The number of hydrogen-bond donors (Lipinski definition) is 2. The van der Waals surface area contributed by atoms with E-state index in [0.717, 1.165) is 13.0 Å². The first-order valence-corrected chi connectivity index (χ1v) is 6.98. The molecule has 1 amide bonds. The molecule has 1 atom stereocenters. The summed E-state index contributed by atoms with van der Waals surface area (Å²) >= 11 is 1.40. The van der Waals surface area contributed by atoms with E-state index in [2.05, 4.69) is 30.6 Å². The maximum absolute atomic E-state index is 12.5. The predicted molar refractivity (Wildman–Crippen MR) is 72.4 cm³/mol. The summed E-state index contributed by atoms with van der Waals surface area (Å²) in [6, 6.07) is 3.82. The Morgan fingerprint density at radius 3 is 3.00 bits per heavy atom. The summed E-state index contributed by atoms with van der Waals surface area (Å²) < 4.78 is 0. The van der Waals surface area contributed by atoms with E-state index in [4.69, 9.17) is 5.26 Å². The molecule has 2 N–H and O–H groups in total. The molecule has 0 bridgehead atoms. The standard InChI is InChI=1S/C13H17N3OS/c1-9(2)13(4-5-15-8-13)12(17)16-11-10(7-14)3-6-18-11/h3,6,9,15H,4-5,8H2,1-2H3,(H,16,17). The maximum Gasteiger partial charge on any atom is 0.232 e. The van der Waals surface area contributed by atoms with Crippen molar-refractivity contribution in [2.75, 3.05) is 18.4 Å². The highest BCUT2D eigenvalue weighted by Crippen LogP contribution is 2.36. The second-order valence-electron chi connectivity index (χ2n) is 4.97. The number of nitriles is 1. The molecule has 96 valence electrons. The normalized spacial score (nSPS) is 23.0. The maximum atomic E-state index is 12.5. The van der Waals surface area contributed by atoms with E-state index in [1.54, 1.807) is 6.07 Å². The molecular weight excluding hydrogens is 246 g/mol. The molecule has 2 rings (SSSR count). The first-order valence-electron chi connectivity index (χ1n) is 6.10. The first-order chi connectivity index (χ1) is 8.60. The van der Waals surface area contributed by atoms with Gasteiger partial charge in [0.2, 0.25) is 5.91 Å². The summed E-state index contributed by atoms with van der Waals surface area (Å²) in [5.74, 6) is 0.305. The van der Waals surface area contributed by atoms with Gasteiger partial charge < -0.3 is 10.6 Å². The van der Waals surface area contributed by atoms with Crippen molar-refractivity contribution in [3.63, 3.8) is 0 Å². The van der Waals surface area contributed by atoms with Crippen LogP contribution >= 0.6 is 11.3 Å². The topological polar surface area (TPSA) is 64.9 Å². The summed E-state index contributed by atoms with van der Waals surface area (Å²) in [6.07, 6.45) is 0.851. The van der Waals surface area contributed by atoms with Gasteiger partial charge in [0.25, 0.3) is 0 Å². The van der Waals surface area contributed by atoms with Crippen LogP contribution < -0.4 is 10.6 Å². The van der Waals surface area contributed by atoms with Crippen molar-refractivity contribution in [3.8, 4) is 6.07 Å². The van der Waals surface area contributed by atoms with Gasteiger partial charge in [-0.1, -0.05) is 13.8 Å². The van der Waals surface area contributed by atoms with E-state index in [0.29, 0.717) is 17.1 Å². The molecule has 0 aromatic carbocycles. The number of carbonyl (C=O) groups is 1. The summed E-state index contributed by atoms with van der Waals surface area (Å²) in [7, 11) is 0. The van der Waals surface area contributed by atoms with Crippen molar-refractivity contribution in [1.82, 2.24) is 5.32 Å². The number of amides is 1. The number of anilines is 1. The molecule has 5 heteroatoms. The molecule has 1 aromatic heterocycles. The van der Waals surface area contributed by atoms with E-state index >= 15 is 0 Å². The molecule has 1 aromatic rings. The fourth-order valence-electron chi connectivity index (χ4n) is 2.38. The van der Waals surface area contributed by atoms with Gasteiger partial charge in [-0.3, -0.25) is 4.79 Å². The quantitative estimate of drug-likeness (QED) is 0.878. The van der Waals surface area contributed by atoms with Crippen LogP contribution in [0.3, 0.4) is 0 Å². The van der Waals surface area contributed by atoms with Crippen LogP contribution in [0.2, 0.25) is 0 Å². The van der Waals surface area contributed by atoms with Crippen LogP contribution in [0.4, 0.5) is 5.00 Å². The zero-order valence-corrected chi connectivity index (χ0v) is 11.4. The van der Waals surface area contributed by atoms with Gasteiger partial charge in [0, 0.05) is 6.54 Å². The number of rotatable bonds is 3. The summed E-state index contributed by atoms with van der Waals surface area (Å²) in [5.41, 5.74) is 0.190. The van der Waals surface area contributed by atoms with Crippen molar-refractivity contribution >= 4 is 22.2 Å². The van der Waals surface area contributed by atoms with Gasteiger partial charge in [-0.2, -0.15) is 5.26 Å². The SMILES string of the molecule is CC(C)C1(C(=O)Nc2sccc2C#N)CCNC1. The lowest BCUT2D eigenvalue weighted by atomic mass is 9.75. The Morgan fingerprint density at radius 2 is 2.44 bits per heavy atom. The van der Waals surface area contributed by atoms with Gasteiger partial charge in [0.15, 0.2) is 0 Å². The zero-order chi connectivity index (χ0) is 13.2. The van der Waals surface area contributed by atoms with Crippen molar-refractivity contribution in [2.24, 2.45) is 11.3 Å². The lowest BCUT2D eigenvalue weighted by Gasteiger charge is -2.30. The van der Waals surface area contributed by atoms with Crippen LogP contribution in [-0.4, -0.2) is 19.0 Å². The Labute approximate surface area is 111 Å². The van der Waals surface area contributed by atoms with Crippen LogP contribution in [0.5, 0.6) is 0 Å². The van der Waals surface area contributed by atoms with E-state index < -0.39 is 0 Å². The minimum atomic E-state index is -0.350. The van der Waals surface area contributed by atoms with Crippen molar-refractivity contribution < 1.29 is 4.79 Å². The van der Waals surface area contributed by atoms with Crippen LogP contribution in [-0.2, 0) is 4.79 Å². The number of thiophene rings is 1. The van der Waals surface area contributed by atoms with Crippen LogP contribution in [0.15, 0.2) is 11.4 Å². The largest absolute Gasteiger partial charge is 0.316 e. The minimum absolute atomic E-state index is 0.0291. The molecular formula is C13H17N3OS. The average molecular weight is 263 g/mol. The third kappa shape index (κ3) is 2.14. The molecule has 18 heavy (non-hydrogen) atoms. The fraction of sp³-hybridized carbons (Fsp3) is 0.538. The van der Waals surface area contributed by atoms with Gasteiger partial charge in [-0.25, -0.2) is 0 Å². The highest BCUT2D eigenvalue weighted by Gasteiger charge is 2.44. The minimum Gasteiger partial charge on any atom is -0.316 e. The third-order valence-corrected chi connectivity index (χ3v) is 4.59. The van der Waals surface area contributed by atoms with Gasteiger partial charge in [0.1, 0.15) is 11.1 Å². The summed E-state index contributed by atoms with van der Waals surface area (Å²) in [4.78, 5) is 12.5. The number of nitrogens with zero attached hydrogens (tertiary/aromatic N) is 1. The highest BCUT2D eigenvalue weighted by atomic mass is 32.1. The summed E-state index contributed by atoms with van der Waals surface area (Å²) in [5, 5.41) is 17.6. The molecule has 0 aliphatic carbocycles. The number of carbonyl (C=O) groups excluding carboxylic acids is 1. The molecule has 0 spiro atoms. The van der Waals surface area contributed by atoms with Gasteiger partial charge in [0.05, 0.1) is 11.0 Å². The molecule has 0 saturated carbocycles. The zero-order valence-electron chi connectivity index (χ0n) is 10.6. The lowest BCUT2D eigenvalue weighted by Crippen LogP contribution is -2.42. The Hall–Kier alpha value is -1.38. The predicted octanol–water partition coefficient (Wildman–Crippen LogP) is 2.19. The molecule has 1 aliphatic heterocycles. The van der Waals surface area contributed by atoms with E-state index in [9.17, 15) is 4.79 Å². The second kappa shape index (κ2) is 5.09. The van der Waals surface area contributed by atoms with Crippen molar-refractivity contribution in [3.05, 3.63) is 17.0 Å². The molecule has 2 heterocycles. The van der Waals surface area contributed by atoms with Crippen molar-refractivity contribution in [1.29, 1.82) is 5.26 Å². The highest BCUT2D eigenvalue weighted by molar-refractivity contribution is 7.14. The Morgan fingerprint density at radius 1 is 1.67 bits per heavy atom. The van der Waals surface area contributed by atoms with Gasteiger partial charge in [-0.15, -0.1) is 11.3 Å². The monoisotopic (exact) mass is 263 g/mol. The van der Waals surface area contributed by atoms with Crippen molar-refractivity contribution in [2.45, 2.75) is 20.3 Å². The van der Waals surface area contributed by atoms with E-state index in [1.165, 1.54) is 11.3 Å². The smallest absolute Gasteiger partial charge is 0.232 e. The lowest BCUT2D eigenvalue weighted by molar-refractivity contribution is -0.126. The fourth-order valence-corrected chi connectivity index (χ4v) is 3.11. The molecule has 1 aliphatic rings. The second-order valence-corrected chi connectivity index (χ2v) is 5.88. The third-order valence-electron chi connectivity index (χ3n) is 3.76. The van der Waals surface area contributed by atoms with E-state index in [1.807, 2.05) is 5.38 Å². The molecule has 4 nitrogen and oxygen atoms in total.